The number of anilines is 3. The molecule has 1 aromatic rings. The molecule has 116 valence electrons. The van der Waals surface area contributed by atoms with Crippen molar-refractivity contribution in [3.8, 4) is 0 Å². The number of sulfone groups is 1. The normalized spacial score (nSPS) is 21.6. The van der Waals surface area contributed by atoms with Gasteiger partial charge >= 0.3 is 0 Å². The first-order chi connectivity index (χ1) is 10.1. The van der Waals surface area contributed by atoms with Crippen LogP contribution in [0, 0.1) is 0 Å². The van der Waals surface area contributed by atoms with Crippen LogP contribution in [-0.2, 0) is 9.84 Å². The molecule has 0 unspecified atom stereocenters. The van der Waals surface area contributed by atoms with Gasteiger partial charge in [-0.3, -0.25) is 0 Å². The SMILES string of the molecule is CNc1nc(N2CCCC2)nc(N2CCS(=O)(=O)CC2)n1. The first-order valence-corrected chi connectivity index (χ1v) is 9.04. The minimum atomic E-state index is -2.90. The van der Waals surface area contributed by atoms with Crippen molar-refractivity contribution in [3.05, 3.63) is 0 Å². The maximum Gasteiger partial charge on any atom is 0.232 e. The topological polar surface area (TPSA) is 91.3 Å². The zero-order valence-corrected chi connectivity index (χ0v) is 12.9. The molecule has 3 rings (SSSR count). The maximum atomic E-state index is 11.5. The fourth-order valence-corrected chi connectivity index (χ4v) is 3.78. The van der Waals surface area contributed by atoms with Crippen LogP contribution in [0.5, 0.6) is 0 Å². The van der Waals surface area contributed by atoms with Crippen molar-refractivity contribution in [3.63, 3.8) is 0 Å². The average molecular weight is 312 g/mol. The second-order valence-electron chi connectivity index (χ2n) is 5.34. The van der Waals surface area contributed by atoms with Crippen molar-refractivity contribution < 1.29 is 8.42 Å². The lowest BCUT2D eigenvalue weighted by molar-refractivity contribution is 0.585. The fourth-order valence-electron chi connectivity index (χ4n) is 2.58. The van der Waals surface area contributed by atoms with E-state index in [2.05, 4.69) is 25.2 Å². The molecule has 21 heavy (non-hydrogen) atoms. The largest absolute Gasteiger partial charge is 0.357 e. The molecule has 3 heterocycles. The van der Waals surface area contributed by atoms with Gasteiger partial charge in [0.1, 0.15) is 0 Å². The van der Waals surface area contributed by atoms with Gasteiger partial charge < -0.3 is 15.1 Å². The highest BCUT2D eigenvalue weighted by Gasteiger charge is 2.25. The smallest absolute Gasteiger partial charge is 0.232 e. The molecule has 9 heteroatoms. The Morgan fingerprint density at radius 1 is 0.905 bits per heavy atom. The van der Waals surface area contributed by atoms with Gasteiger partial charge in [0, 0.05) is 33.2 Å². The Labute approximate surface area is 124 Å². The molecule has 1 aromatic heterocycles. The average Bonchev–Trinajstić information content (AvgIpc) is 3.01. The van der Waals surface area contributed by atoms with Gasteiger partial charge in [0.05, 0.1) is 11.5 Å². The molecule has 0 spiro atoms. The van der Waals surface area contributed by atoms with E-state index in [1.54, 1.807) is 7.05 Å². The first kappa shape index (κ1) is 14.3. The van der Waals surface area contributed by atoms with Gasteiger partial charge in [0.2, 0.25) is 17.8 Å². The van der Waals surface area contributed by atoms with Gasteiger partial charge in [-0.1, -0.05) is 0 Å². The molecule has 1 N–H and O–H groups in total. The summed E-state index contributed by atoms with van der Waals surface area (Å²) in [5.41, 5.74) is 0. The highest BCUT2D eigenvalue weighted by Crippen LogP contribution is 2.21. The van der Waals surface area contributed by atoms with E-state index in [1.165, 1.54) is 0 Å². The maximum absolute atomic E-state index is 11.5. The van der Waals surface area contributed by atoms with Crippen LogP contribution in [0.1, 0.15) is 12.8 Å². The van der Waals surface area contributed by atoms with E-state index in [0.29, 0.717) is 30.9 Å². The lowest BCUT2D eigenvalue weighted by Gasteiger charge is -2.27. The predicted octanol–water partition coefficient (Wildman–Crippen LogP) is -0.252. The zero-order chi connectivity index (χ0) is 14.9. The molecular weight excluding hydrogens is 292 g/mol. The van der Waals surface area contributed by atoms with Crippen LogP contribution in [-0.4, -0.2) is 68.1 Å². The van der Waals surface area contributed by atoms with Crippen LogP contribution >= 0.6 is 0 Å². The third-order valence-electron chi connectivity index (χ3n) is 3.85. The molecule has 0 atom stereocenters. The number of nitrogens with one attached hydrogen (secondary N) is 1. The molecule has 0 amide bonds. The number of hydrogen-bond acceptors (Lipinski definition) is 8. The zero-order valence-electron chi connectivity index (χ0n) is 12.1. The minimum Gasteiger partial charge on any atom is -0.357 e. The summed E-state index contributed by atoms with van der Waals surface area (Å²) in [5.74, 6) is 2.08. The molecule has 2 aliphatic rings. The van der Waals surface area contributed by atoms with Gasteiger partial charge in [-0.05, 0) is 12.8 Å². The second kappa shape index (κ2) is 5.63. The van der Waals surface area contributed by atoms with Crippen LogP contribution in [0.3, 0.4) is 0 Å². The van der Waals surface area contributed by atoms with E-state index in [-0.39, 0.29) is 11.5 Å². The molecule has 8 nitrogen and oxygen atoms in total. The van der Waals surface area contributed by atoms with Crippen molar-refractivity contribution in [2.24, 2.45) is 0 Å². The third-order valence-corrected chi connectivity index (χ3v) is 5.46. The van der Waals surface area contributed by atoms with Gasteiger partial charge in [0.25, 0.3) is 0 Å². The van der Waals surface area contributed by atoms with Crippen LogP contribution in [0.15, 0.2) is 0 Å². The molecule has 2 aliphatic heterocycles. The van der Waals surface area contributed by atoms with E-state index < -0.39 is 9.84 Å². The summed E-state index contributed by atoms with van der Waals surface area (Å²) in [6, 6.07) is 0. The Morgan fingerprint density at radius 3 is 1.95 bits per heavy atom. The first-order valence-electron chi connectivity index (χ1n) is 7.21. The Balaban J connectivity index is 1.85. The van der Waals surface area contributed by atoms with Crippen LogP contribution in [0.25, 0.3) is 0 Å². The molecule has 2 fully saturated rings. The predicted molar refractivity (Wildman–Crippen MR) is 81.7 cm³/mol. The van der Waals surface area contributed by atoms with Gasteiger partial charge in [-0.25, -0.2) is 8.42 Å². The molecule has 0 bridgehead atoms. The summed E-state index contributed by atoms with van der Waals surface area (Å²) in [4.78, 5) is 17.4. The standard InChI is InChI=1S/C12H20N6O2S/c1-13-10-14-11(17-4-2-3-5-17)16-12(15-10)18-6-8-21(19,20)9-7-18/h2-9H2,1H3,(H,13,14,15,16). The number of rotatable bonds is 3. The number of aromatic nitrogens is 3. The minimum absolute atomic E-state index is 0.159. The van der Waals surface area contributed by atoms with Crippen molar-refractivity contribution in [1.82, 2.24) is 15.0 Å². The van der Waals surface area contributed by atoms with E-state index >= 15 is 0 Å². The van der Waals surface area contributed by atoms with Crippen LogP contribution in [0.4, 0.5) is 17.8 Å². The number of nitrogens with zero attached hydrogens (tertiary/aromatic N) is 5. The van der Waals surface area contributed by atoms with Crippen LogP contribution in [0.2, 0.25) is 0 Å². The summed E-state index contributed by atoms with van der Waals surface area (Å²) >= 11 is 0. The monoisotopic (exact) mass is 312 g/mol. The Kier molecular flexibility index (Phi) is 3.83. The number of hydrogen-bond donors (Lipinski definition) is 1. The fraction of sp³-hybridized carbons (Fsp3) is 0.750. The summed E-state index contributed by atoms with van der Waals surface area (Å²) in [6.07, 6.45) is 2.30. The highest BCUT2D eigenvalue weighted by molar-refractivity contribution is 7.91. The van der Waals surface area contributed by atoms with Crippen molar-refractivity contribution in [2.45, 2.75) is 12.8 Å². The van der Waals surface area contributed by atoms with E-state index in [0.717, 1.165) is 25.9 Å². The summed E-state index contributed by atoms with van der Waals surface area (Å²) in [7, 11) is -1.13. The highest BCUT2D eigenvalue weighted by atomic mass is 32.2. The van der Waals surface area contributed by atoms with Crippen molar-refractivity contribution in [1.29, 1.82) is 0 Å². The quantitative estimate of drug-likeness (QED) is 0.817. The van der Waals surface area contributed by atoms with Gasteiger partial charge in [-0.15, -0.1) is 0 Å². The van der Waals surface area contributed by atoms with E-state index in [1.807, 2.05) is 4.90 Å². The van der Waals surface area contributed by atoms with E-state index in [9.17, 15) is 8.42 Å². The molecule has 0 saturated carbocycles. The molecule has 0 aliphatic carbocycles. The van der Waals surface area contributed by atoms with Crippen LogP contribution < -0.4 is 15.1 Å². The summed E-state index contributed by atoms with van der Waals surface area (Å²) in [5, 5.41) is 2.95. The lowest BCUT2D eigenvalue weighted by Crippen LogP contribution is -2.41. The molecule has 0 aromatic carbocycles. The lowest BCUT2D eigenvalue weighted by atomic mass is 10.4. The summed E-state index contributed by atoms with van der Waals surface area (Å²) in [6.45, 7) is 2.80. The van der Waals surface area contributed by atoms with Crippen molar-refractivity contribution in [2.75, 3.05) is 59.8 Å². The van der Waals surface area contributed by atoms with E-state index in [4.69, 9.17) is 0 Å². The molecule has 0 radical (unpaired) electrons. The third kappa shape index (κ3) is 3.17. The Morgan fingerprint density at radius 2 is 1.43 bits per heavy atom. The summed E-state index contributed by atoms with van der Waals surface area (Å²) < 4.78 is 23.1. The second-order valence-corrected chi connectivity index (χ2v) is 7.65. The van der Waals surface area contributed by atoms with Gasteiger partial charge in [0.15, 0.2) is 9.84 Å². The molecule has 2 saturated heterocycles. The van der Waals surface area contributed by atoms with Gasteiger partial charge in [-0.2, -0.15) is 15.0 Å². The van der Waals surface area contributed by atoms with Crippen molar-refractivity contribution >= 4 is 27.7 Å². The Bertz CT molecular complexity index is 600. The molecular formula is C12H20N6O2S. The Hall–Kier alpha value is -1.64.